The lowest BCUT2D eigenvalue weighted by atomic mass is 10.0. The number of hydrogen-bond donors (Lipinski definition) is 0. The Morgan fingerprint density at radius 1 is 1.08 bits per heavy atom. The lowest BCUT2D eigenvalue weighted by Gasteiger charge is -2.41. The highest BCUT2D eigenvalue weighted by Gasteiger charge is 2.38. The van der Waals surface area contributed by atoms with Gasteiger partial charge < -0.3 is 9.64 Å². The Morgan fingerprint density at radius 2 is 1.68 bits per heavy atom. The molecule has 1 aliphatic heterocycles. The molecule has 0 bridgehead atoms. The van der Waals surface area contributed by atoms with Crippen LogP contribution in [0.25, 0.3) is 0 Å². The van der Waals surface area contributed by atoms with Crippen molar-refractivity contribution in [2.75, 3.05) is 27.2 Å². The van der Waals surface area contributed by atoms with E-state index in [4.69, 9.17) is 4.74 Å². The first-order chi connectivity index (χ1) is 12.0. The Hall–Kier alpha value is -2.47. The van der Waals surface area contributed by atoms with Crippen molar-refractivity contribution < 1.29 is 18.3 Å². The summed E-state index contributed by atoms with van der Waals surface area (Å²) in [7, 11) is 3.48. The summed E-state index contributed by atoms with van der Waals surface area (Å²) in [5.41, 5.74) is 0.343. The average Bonchev–Trinajstić information content (AvgIpc) is 2.53. The van der Waals surface area contributed by atoms with Crippen molar-refractivity contribution in [3.8, 4) is 5.75 Å². The van der Waals surface area contributed by atoms with E-state index in [9.17, 15) is 13.6 Å². The number of carbonyl (C=O) groups excluding carboxylic acids is 1. The summed E-state index contributed by atoms with van der Waals surface area (Å²) in [6, 6.07) is 11.7. The van der Waals surface area contributed by atoms with Crippen molar-refractivity contribution in [3.63, 3.8) is 0 Å². The van der Waals surface area contributed by atoms with E-state index in [0.717, 1.165) is 0 Å². The van der Waals surface area contributed by atoms with Crippen molar-refractivity contribution in [2.24, 2.45) is 0 Å². The zero-order chi connectivity index (χ0) is 18.0. The number of halogens is 2. The summed E-state index contributed by atoms with van der Waals surface area (Å²) in [6.45, 7) is 0.706. The number of nitrogens with zero attached hydrogens (tertiary/aromatic N) is 2. The number of carbonyl (C=O) groups is 1. The monoisotopic (exact) mass is 346 g/mol. The van der Waals surface area contributed by atoms with Gasteiger partial charge in [-0.1, -0.05) is 30.3 Å². The SMILES string of the molecule is CN(C)[C@H](C(=O)N1CC(Oc2ccccc2F)C1)c1ccccc1F. The number of likely N-dealkylation sites (tertiary alicyclic amines) is 1. The van der Waals surface area contributed by atoms with E-state index in [0.29, 0.717) is 18.7 Å². The van der Waals surface area contributed by atoms with Gasteiger partial charge in [0.25, 0.3) is 0 Å². The standard InChI is InChI=1S/C19H20F2N2O2/c1-22(2)18(14-7-3-4-8-15(14)20)19(24)23-11-13(12-23)25-17-10-6-5-9-16(17)21/h3-10,13,18H,11-12H2,1-2H3/t18-/m0/s1. The molecule has 3 rings (SSSR count). The number of benzene rings is 2. The topological polar surface area (TPSA) is 32.8 Å². The van der Waals surface area contributed by atoms with Gasteiger partial charge >= 0.3 is 0 Å². The van der Waals surface area contributed by atoms with Crippen molar-refractivity contribution in [1.82, 2.24) is 9.80 Å². The van der Waals surface area contributed by atoms with Gasteiger partial charge in [0.05, 0.1) is 13.1 Å². The summed E-state index contributed by atoms with van der Waals surface area (Å²) in [5.74, 6) is -0.847. The van der Waals surface area contributed by atoms with Gasteiger partial charge in [-0.2, -0.15) is 0 Å². The van der Waals surface area contributed by atoms with Crippen LogP contribution in [0.3, 0.4) is 0 Å². The maximum Gasteiger partial charge on any atom is 0.244 e. The average molecular weight is 346 g/mol. The molecule has 1 saturated heterocycles. The highest BCUT2D eigenvalue weighted by atomic mass is 19.1. The first-order valence-corrected chi connectivity index (χ1v) is 8.08. The van der Waals surface area contributed by atoms with E-state index in [1.165, 1.54) is 12.1 Å². The fraction of sp³-hybridized carbons (Fsp3) is 0.316. The van der Waals surface area contributed by atoms with Gasteiger partial charge in [0.15, 0.2) is 11.6 Å². The van der Waals surface area contributed by atoms with Gasteiger partial charge in [0, 0.05) is 5.56 Å². The van der Waals surface area contributed by atoms with Crippen molar-refractivity contribution in [2.45, 2.75) is 12.1 Å². The number of ether oxygens (including phenoxy) is 1. The molecule has 2 aromatic rings. The Balaban J connectivity index is 1.66. The second-order valence-electron chi connectivity index (χ2n) is 6.30. The third kappa shape index (κ3) is 3.64. The molecule has 0 spiro atoms. The van der Waals surface area contributed by atoms with Crippen LogP contribution in [0.5, 0.6) is 5.75 Å². The zero-order valence-corrected chi connectivity index (χ0v) is 14.2. The van der Waals surface area contributed by atoms with Gasteiger partial charge in [-0.05, 0) is 32.3 Å². The van der Waals surface area contributed by atoms with Gasteiger partial charge in [-0.15, -0.1) is 0 Å². The second-order valence-corrected chi connectivity index (χ2v) is 6.30. The molecular weight excluding hydrogens is 326 g/mol. The minimum absolute atomic E-state index is 0.179. The van der Waals surface area contributed by atoms with Crippen LogP contribution in [0.15, 0.2) is 48.5 Å². The molecule has 2 aromatic carbocycles. The Bertz CT molecular complexity index is 761. The maximum atomic E-state index is 14.1. The van der Waals surface area contributed by atoms with E-state index in [-0.39, 0.29) is 17.8 Å². The predicted molar refractivity (Wildman–Crippen MR) is 90.2 cm³/mol. The summed E-state index contributed by atoms with van der Waals surface area (Å²) < 4.78 is 33.3. The number of hydrogen-bond acceptors (Lipinski definition) is 3. The molecular formula is C19H20F2N2O2. The van der Waals surface area contributed by atoms with E-state index in [1.54, 1.807) is 60.3 Å². The molecule has 0 aromatic heterocycles. The van der Waals surface area contributed by atoms with Crippen LogP contribution in [0.2, 0.25) is 0 Å². The van der Waals surface area contributed by atoms with Gasteiger partial charge in [-0.3, -0.25) is 9.69 Å². The van der Waals surface area contributed by atoms with Gasteiger partial charge in [0.2, 0.25) is 5.91 Å². The van der Waals surface area contributed by atoms with Crippen LogP contribution < -0.4 is 4.74 Å². The molecule has 1 amide bonds. The van der Waals surface area contributed by atoms with E-state index in [2.05, 4.69) is 0 Å². The first-order valence-electron chi connectivity index (χ1n) is 8.08. The van der Waals surface area contributed by atoms with E-state index in [1.807, 2.05) is 0 Å². The zero-order valence-electron chi connectivity index (χ0n) is 14.2. The molecule has 1 heterocycles. The minimum Gasteiger partial charge on any atom is -0.484 e. The summed E-state index contributed by atoms with van der Waals surface area (Å²) in [4.78, 5) is 16.1. The van der Waals surface area contributed by atoms with Gasteiger partial charge in [0.1, 0.15) is 18.0 Å². The van der Waals surface area contributed by atoms with E-state index < -0.39 is 17.7 Å². The lowest BCUT2D eigenvalue weighted by Crippen LogP contribution is -2.58. The fourth-order valence-corrected chi connectivity index (χ4v) is 2.91. The molecule has 0 radical (unpaired) electrons. The van der Waals surface area contributed by atoms with Crippen LogP contribution in [0, 0.1) is 11.6 Å². The van der Waals surface area contributed by atoms with Crippen LogP contribution in [0.4, 0.5) is 8.78 Å². The Kier molecular flexibility index (Phi) is 4.99. The molecule has 1 aliphatic rings. The Morgan fingerprint density at radius 3 is 2.28 bits per heavy atom. The number of amides is 1. The molecule has 0 aliphatic carbocycles. The normalized spacial score (nSPS) is 15.8. The molecule has 4 nitrogen and oxygen atoms in total. The highest BCUT2D eigenvalue weighted by molar-refractivity contribution is 5.84. The minimum atomic E-state index is -0.699. The van der Waals surface area contributed by atoms with Crippen LogP contribution >= 0.6 is 0 Å². The van der Waals surface area contributed by atoms with E-state index >= 15 is 0 Å². The highest BCUT2D eigenvalue weighted by Crippen LogP contribution is 2.27. The lowest BCUT2D eigenvalue weighted by molar-refractivity contribution is -0.145. The molecule has 25 heavy (non-hydrogen) atoms. The van der Waals surface area contributed by atoms with Gasteiger partial charge in [-0.25, -0.2) is 8.78 Å². The molecule has 6 heteroatoms. The maximum absolute atomic E-state index is 14.1. The molecule has 132 valence electrons. The number of rotatable bonds is 5. The second kappa shape index (κ2) is 7.19. The molecule has 1 atom stereocenters. The fourth-order valence-electron chi connectivity index (χ4n) is 2.91. The first kappa shape index (κ1) is 17.4. The van der Waals surface area contributed by atoms with Crippen molar-refractivity contribution >= 4 is 5.91 Å². The van der Waals surface area contributed by atoms with Crippen LogP contribution in [0.1, 0.15) is 11.6 Å². The summed E-state index contributed by atoms with van der Waals surface area (Å²) in [6.07, 6.45) is -0.260. The molecule has 1 fully saturated rings. The number of para-hydroxylation sites is 1. The quantitative estimate of drug-likeness (QED) is 0.835. The van der Waals surface area contributed by atoms with Crippen LogP contribution in [-0.4, -0.2) is 49.0 Å². The molecule has 0 saturated carbocycles. The summed E-state index contributed by atoms with van der Waals surface area (Å²) >= 11 is 0. The number of likely N-dealkylation sites (N-methyl/N-ethyl adjacent to an activating group) is 1. The summed E-state index contributed by atoms with van der Waals surface area (Å²) in [5, 5.41) is 0. The largest absolute Gasteiger partial charge is 0.484 e. The Labute approximate surface area is 145 Å². The third-order valence-electron chi connectivity index (χ3n) is 4.24. The van der Waals surface area contributed by atoms with Crippen molar-refractivity contribution in [3.05, 3.63) is 65.7 Å². The third-order valence-corrected chi connectivity index (χ3v) is 4.24. The smallest absolute Gasteiger partial charge is 0.244 e. The molecule has 0 N–H and O–H groups in total. The molecule has 0 unspecified atom stereocenters. The predicted octanol–water partition coefficient (Wildman–Crippen LogP) is 2.86. The van der Waals surface area contributed by atoms with Crippen molar-refractivity contribution in [1.29, 1.82) is 0 Å². The van der Waals surface area contributed by atoms with Crippen LogP contribution in [-0.2, 0) is 4.79 Å².